The lowest BCUT2D eigenvalue weighted by molar-refractivity contribution is 0.237. The van der Waals surface area contributed by atoms with Crippen LogP contribution in [0.25, 0.3) is 0 Å². The van der Waals surface area contributed by atoms with Crippen LogP contribution in [0, 0.1) is 0 Å². The number of nitrogens with zero attached hydrogens (tertiary/aromatic N) is 4. The molecular weight excluding hydrogens is 238 g/mol. The molecule has 5 nitrogen and oxygen atoms in total. The summed E-state index contributed by atoms with van der Waals surface area (Å²) in [4.78, 5) is 6.82. The van der Waals surface area contributed by atoms with Gasteiger partial charge in [0.15, 0.2) is 5.96 Å². The van der Waals surface area contributed by atoms with Crippen LogP contribution in [0.4, 0.5) is 0 Å². The third-order valence-corrected chi connectivity index (χ3v) is 4.35. The van der Waals surface area contributed by atoms with Crippen molar-refractivity contribution in [3.05, 3.63) is 18.0 Å². The fourth-order valence-electron chi connectivity index (χ4n) is 3.37. The summed E-state index contributed by atoms with van der Waals surface area (Å²) < 4.78 is 1.86. The van der Waals surface area contributed by atoms with Crippen LogP contribution in [0.15, 0.2) is 17.4 Å². The van der Waals surface area contributed by atoms with Crippen molar-refractivity contribution in [2.24, 2.45) is 17.8 Å². The highest BCUT2D eigenvalue weighted by Gasteiger charge is 2.33. The lowest BCUT2D eigenvalue weighted by Gasteiger charge is -2.33. The van der Waals surface area contributed by atoms with Crippen LogP contribution < -0.4 is 5.73 Å². The van der Waals surface area contributed by atoms with E-state index in [1.165, 1.54) is 44.1 Å². The van der Waals surface area contributed by atoms with E-state index in [0.717, 1.165) is 12.5 Å². The smallest absolute Gasteiger partial charge is 0.192 e. The molecule has 0 amide bonds. The van der Waals surface area contributed by atoms with Crippen LogP contribution in [0.1, 0.15) is 50.1 Å². The molecule has 3 rings (SSSR count). The number of hydrogen-bond acceptors (Lipinski definition) is 4. The molecule has 1 aliphatic heterocycles. The molecule has 1 aliphatic carbocycles. The molecule has 0 aromatic carbocycles. The molecule has 19 heavy (non-hydrogen) atoms. The van der Waals surface area contributed by atoms with Gasteiger partial charge in [-0.1, -0.05) is 25.7 Å². The molecule has 1 fully saturated rings. The summed E-state index contributed by atoms with van der Waals surface area (Å²) in [7, 11) is 1.96. The molecular formula is C14H23N5. The number of aliphatic imine (C=N–C) groups is 1. The second-order valence-electron chi connectivity index (χ2n) is 5.71. The lowest BCUT2D eigenvalue weighted by Crippen LogP contribution is -2.43. The van der Waals surface area contributed by atoms with Gasteiger partial charge in [-0.25, -0.2) is 0 Å². The van der Waals surface area contributed by atoms with Gasteiger partial charge in [-0.2, -0.15) is 5.10 Å². The van der Waals surface area contributed by atoms with E-state index in [2.05, 4.69) is 21.2 Å². The second kappa shape index (κ2) is 5.23. The Morgan fingerprint density at radius 1 is 1.21 bits per heavy atom. The largest absolute Gasteiger partial charge is 0.370 e. The first-order valence-electron chi connectivity index (χ1n) is 7.32. The molecule has 5 heteroatoms. The van der Waals surface area contributed by atoms with E-state index < -0.39 is 0 Å². The fraction of sp³-hybridized carbons (Fsp3) is 0.714. The van der Waals surface area contributed by atoms with Gasteiger partial charge in [-0.15, -0.1) is 0 Å². The minimum Gasteiger partial charge on any atom is -0.370 e. The number of nitrogens with two attached hydrogens (primary N) is 1. The number of rotatable bonds is 2. The molecule has 0 spiro atoms. The van der Waals surface area contributed by atoms with Crippen LogP contribution in [-0.2, 0) is 7.05 Å². The first-order valence-corrected chi connectivity index (χ1v) is 7.32. The van der Waals surface area contributed by atoms with Crippen molar-refractivity contribution in [3.8, 4) is 0 Å². The first kappa shape index (κ1) is 12.5. The van der Waals surface area contributed by atoms with E-state index in [-0.39, 0.29) is 6.04 Å². The molecule has 2 heterocycles. The molecule has 1 atom stereocenters. The fourth-order valence-corrected chi connectivity index (χ4v) is 3.37. The standard InChI is InChI=1S/C14H23N5/c1-18-10-11(8-17-18)13-9-16-14(15)19(13)12-6-4-2-3-5-7-12/h8,10,12-13H,2-7,9H2,1H3,(H2,15,16). The van der Waals surface area contributed by atoms with Crippen LogP contribution >= 0.6 is 0 Å². The Labute approximate surface area is 114 Å². The Bertz CT molecular complexity index is 456. The summed E-state index contributed by atoms with van der Waals surface area (Å²) in [5, 5.41) is 4.28. The average molecular weight is 261 g/mol. The van der Waals surface area contributed by atoms with Crippen LogP contribution in [0.5, 0.6) is 0 Å². The van der Waals surface area contributed by atoms with Crippen molar-refractivity contribution in [2.75, 3.05) is 6.54 Å². The Morgan fingerprint density at radius 3 is 2.58 bits per heavy atom. The molecule has 104 valence electrons. The Morgan fingerprint density at radius 2 is 1.95 bits per heavy atom. The van der Waals surface area contributed by atoms with Gasteiger partial charge < -0.3 is 10.6 Å². The zero-order valence-electron chi connectivity index (χ0n) is 11.6. The van der Waals surface area contributed by atoms with Crippen molar-refractivity contribution < 1.29 is 0 Å². The van der Waals surface area contributed by atoms with Gasteiger partial charge in [0, 0.05) is 24.8 Å². The molecule has 2 N–H and O–H groups in total. The number of guanidine groups is 1. The van der Waals surface area contributed by atoms with Crippen molar-refractivity contribution in [2.45, 2.75) is 50.6 Å². The molecule has 1 aromatic heterocycles. The molecule has 2 aliphatic rings. The number of aromatic nitrogens is 2. The Hall–Kier alpha value is -1.52. The van der Waals surface area contributed by atoms with Gasteiger partial charge in [-0.3, -0.25) is 9.67 Å². The molecule has 1 unspecified atom stereocenters. The predicted molar refractivity (Wildman–Crippen MR) is 75.8 cm³/mol. The zero-order chi connectivity index (χ0) is 13.2. The van der Waals surface area contributed by atoms with E-state index in [4.69, 9.17) is 5.73 Å². The van der Waals surface area contributed by atoms with Crippen LogP contribution in [-0.4, -0.2) is 33.2 Å². The topological polar surface area (TPSA) is 59.4 Å². The molecule has 0 radical (unpaired) electrons. The highest BCUT2D eigenvalue weighted by atomic mass is 15.3. The van der Waals surface area contributed by atoms with Crippen molar-refractivity contribution >= 4 is 5.96 Å². The number of aryl methyl sites for hydroxylation is 1. The van der Waals surface area contributed by atoms with Gasteiger partial charge >= 0.3 is 0 Å². The van der Waals surface area contributed by atoms with E-state index in [0.29, 0.717) is 6.04 Å². The van der Waals surface area contributed by atoms with E-state index in [1.807, 2.05) is 17.9 Å². The minimum absolute atomic E-state index is 0.289. The van der Waals surface area contributed by atoms with Gasteiger partial charge in [0.1, 0.15) is 0 Å². The molecule has 1 saturated carbocycles. The highest BCUT2D eigenvalue weighted by Crippen LogP contribution is 2.32. The summed E-state index contributed by atoms with van der Waals surface area (Å²) in [6.45, 7) is 0.772. The van der Waals surface area contributed by atoms with E-state index in [1.54, 1.807) is 0 Å². The van der Waals surface area contributed by atoms with Crippen molar-refractivity contribution in [3.63, 3.8) is 0 Å². The van der Waals surface area contributed by atoms with Gasteiger partial charge in [0.2, 0.25) is 0 Å². The van der Waals surface area contributed by atoms with Crippen molar-refractivity contribution in [1.29, 1.82) is 0 Å². The van der Waals surface area contributed by atoms with Crippen LogP contribution in [0.3, 0.4) is 0 Å². The maximum absolute atomic E-state index is 6.14. The first-order chi connectivity index (χ1) is 9.25. The van der Waals surface area contributed by atoms with Gasteiger partial charge in [-0.05, 0) is 12.8 Å². The zero-order valence-corrected chi connectivity index (χ0v) is 11.6. The SMILES string of the molecule is Cn1cc(C2CN=C(N)N2C2CCCCCC2)cn1. The third-order valence-electron chi connectivity index (χ3n) is 4.35. The Kier molecular flexibility index (Phi) is 3.44. The third kappa shape index (κ3) is 2.46. The summed E-state index contributed by atoms with van der Waals surface area (Å²) in [6.07, 6.45) is 11.9. The van der Waals surface area contributed by atoms with Crippen LogP contribution in [0.2, 0.25) is 0 Å². The van der Waals surface area contributed by atoms with Gasteiger partial charge in [0.05, 0.1) is 18.8 Å². The summed E-state index contributed by atoms with van der Waals surface area (Å²) >= 11 is 0. The molecule has 1 aromatic rings. The lowest BCUT2D eigenvalue weighted by atomic mass is 10.0. The molecule has 0 bridgehead atoms. The summed E-state index contributed by atoms with van der Waals surface area (Å²) in [5.74, 6) is 0.723. The minimum atomic E-state index is 0.289. The van der Waals surface area contributed by atoms with E-state index in [9.17, 15) is 0 Å². The highest BCUT2D eigenvalue weighted by molar-refractivity contribution is 5.80. The quantitative estimate of drug-likeness (QED) is 0.826. The average Bonchev–Trinajstić information content (AvgIpc) is 2.87. The van der Waals surface area contributed by atoms with Gasteiger partial charge in [0.25, 0.3) is 0 Å². The normalized spacial score (nSPS) is 25.4. The number of hydrogen-bond donors (Lipinski definition) is 1. The monoisotopic (exact) mass is 261 g/mol. The van der Waals surface area contributed by atoms with E-state index >= 15 is 0 Å². The summed E-state index contributed by atoms with van der Waals surface area (Å²) in [5.41, 5.74) is 7.38. The second-order valence-corrected chi connectivity index (χ2v) is 5.71. The van der Waals surface area contributed by atoms with Crippen molar-refractivity contribution in [1.82, 2.24) is 14.7 Å². The summed E-state index contributed by atoms with van der Waals surface area (Å²) in [6, 6.07) is 0.843. The maximum Gasteiger partial charge on any atom is 0.192 e. The predicted octanol–water partition coefficient (Wildman–Crippen LogP) is 1.81. The maximum atomic E-state index is 6.14. The Balaban J connectivity index is 1.81. The molecule has 0 saturated heterocycles.